The second-order valence-electron chi connectivity index (χ2n) is 4.43. The molecule has 19 heavy (non-hydrogen) atoms. The van der Waals surface area contributed by atoms with E-state index < -0.39 is 6.04 Å². The number of aryl methyl sites for hydroxylation is 1. The van der Waals surface area contributed by atoms with E-state index in [1.807, 2.05) is 37.3 Å². The van der Waals surface area contributed by atoms with Gasteiger partial charge in [-0.2, -0.15) is 5.10 Å². The summed E-state index contributed by atoms with van der Waals surface area (Å²) >= 11 is 0. The smallest absolute Gasteiger partial charge is 0.157 e. The molecular formula is C14H18N4O. The first-order valence-electron chi connectivity index (χ1n) is 6.39. The fraction of sp³-hybridized carbons (Fsp3) is 0.357. The van der Waals surface area contributed by atoms with Crippen LogP contribution in [0.4, 0.5) is 0 Å². The zero-order chi connectivity index (χ0) is 13.7. The van der Waals surface area contributed by atoms with Gasteiger partial charge in [-0.15, -0.1) is 0 Å². The zero-order valence-electron chi connectivity index (χ0n) is 11.0. The van der Waals surface area contributed by atoms with Crippen LogP contribution in [0.25, 0.3) is 0 Å². The first kappa shape index (κ1) is 13.4. The first-order chi connectivity index (χ1) is 9.20. The number of nitrogens with two attached hydrogens (primary N) is 1. The van der Waals surface area contributed by atoms with Crippen LogP contribution < -0.4 is 5.73 Å². The molecule has 0 fully saturated rings. The lowest BCUT2D eigenvalue weighted by Crippen LogP contribution is -2.34. The van der Waals surface area contributed by atoms with Crippen molar-refractivity contribution < 1.29 is 4.79 Å². The van der Waals surface area contributed by atoms with Gasteiger partial charge in [0.1, 0.15) is 12.2 Å². The molecule has 0 saturated carbocycles. The lowest BCUT2D eigenvalue weighted by Gasteiger charge is -2.10. The van der Waals surface area contributed by atoms with Crippen LogP contribution in [0.1, 0.15) is 18.3 Å². The minimum Gasteiger partial charge on any atom is -0.321 e. The Bertz CT molecular complexity index is 535. The highest BCUT2D eigenvalue weighted by Crippen LogP contribution is 2.05. The highest BCUT2D eigenvalue weighted by Gasteiger charge is 2.17. The van der Waals surface area contributed by atoms with Crippen molar-refractivity contribution in [2.45, 2.75) is 32.4 Å². The van der Waals surface area contributed by atoms with Gasteiger partial charge in [-0.3, -0.25) is 4.79 Å². The predicted octanol–water partition coefficient (Wildman–Crippen LogP) is 0.980. The van der Waals surface area contributed by atoms with E-state index in [-0.39, 0.29) is 12.2 Å². The van der Waals surface area contributed by atoms with Gasteiger partial charge in [-0.05, 0) is 18.9 Å². The first-order valence-corrected chi connectivity index (χ1v) is 6.39. The van der Waals surface area contributed by atoms with Gasteiger partial charge in [-0.25, -0.2) is 9.67 Å². The molecule has 1 atom stereocenters. The number of carbonyl (C=O) groups is 1. The van der Waals surface area contributed by atoms with E-state index >= 15 is 0 Å². The molecule has 0 aliphatic carbocycles. The van der Waals surface area contributed by atoms with Crippen molar-refractivity contribution in [2.24, 2.45) is 5.73 Å². The van der Waals surface area contributed by atoms with Gasteiger partial charge in [0, 0.05) is 6.54 Å². The van der Waals surface area contributed by atoms with Crippen LogP contribution in [0.2, 0.25) is 0 Å². The van der Waals surface area contributed by atoms with Crippen molar-refractivity contribution in [3.63, 3.8) is 0 Å². The Labute approximate surface area is 112 Å². The lowest BCUT2D eigenvalue weighted by atomic mass is 10.0. The third-order valence-corrected chi connectivity index (χ3v) is 3.04. The SMILES string of the molecule is CCn1ncnc1CC(=O)C(N)Cc1ccccc1. The van der Waals surface area contributed by atoms with Crippen molar-refractivity contribution in [1.82, 2.24) is 14.8 Å². The number of benzene rings is 1. The predicted molar refractivity (Wildman–Crippen MR) is 72.5 cm³/mol. The molecular weight excluding hydrogens is 240 g/mol. The van der Waals surface area contributed by atoms with E-state index in [1.165, 1.54) is 6.33 Å². The Morgan fingerprint density at radius 1 is 1.37 bits per heavy atom. The van der Waals surface area contributed by atoms with E-state index in [1.54, 1.807) is 4.68 Å². The summed E-state index contributed by atoms with van der Waals surface area (Å²) in [6.07, 6.45) is 2.26. The molecule has 0 radical (unpaired) electrons. The molecule has 2 aromatic rings. The Hall–Kier alpha value is -2.01. The zero-order valence-corrected chi connectivity index (χ0v) is 11.0. The second-order valence-corrected chi connectivity index (χ2v) is 4.43. The summed E-state index contributed by atoms with van der Waals surface area (Å²) < 4.78 is 1.72. The van der Waals surface area contributed by atoms with Crippen LogP contribution in [0, 0.1) is 0 Å². The van der Waals surface area contributed by atoms with Crippen LogP contribution in [-0.2, 0) is 24.2 Å². The van der Waals surface area contributed by atoms with Gasteiger partial charge in [-0.1, -0.05) is 30.3 Å². The van der Waals surface area contributed by atoms with E-state index in [0.717, 1.165) is 5.56 Å². The topological polar surface area (TPSA) is 73.8 Å². The number of ketones is 1. The Morgan fingerprint density at radius 2 is 2.11 bits per heavy atom. The summed E-state index contributed by atoms with van der Waals surface area (Å²) in [6, 6.07) is 9.29. The molecule has 0 bridgehead atoms. The van der Waals surface area contributed by atoms with Gasteiger partial charge in [0.05, 0.1) is 12.5 Å². The fourth-order valence-corrected chi connectivity index (χ4v) is 1.96. The highest BCUT2D eigenvalue weighted by molar-refractivity contribution is 5.85. The van der Waals surface area contributed by atoms with Crippen molar-refractivity contribution in [2.75, 3.05) is 0 Å². The van der Waals surface area contributed by atoms with Crippen LogP contribution in [-0.4, -0.2) is 26.6 Å². The van der Waals surface area contributed by atoms with Crippen molar-refractivity contribution in [3.05, 3.63) is 48.0 Å². The standard InChI is InChI=1S/C14H18N4O/c1-2-18-14(16-10-17-18)9-13(19)12(15)8-11-6-4-3-5-7-11/h3-7,10,12H,2,8-9,15H2,1H3. The summed E-state index contributed by atoms with van der Waals surface area (Å²) in [6.45, 7) is 2.67. The van der Waals surface area contributed by atoms with Crippen molar-refractivity contribution >= 4 is 5.78 Å². The molecule has 1 unspecified atom stereocenters. The van der Waals surface area contributed by atoms with Gasteiger partial charge in [0.15, 0.2) is 5.78 Å². The Morgan fingerprint density at radius 3 is 2.79 bits per heavy atom. The van der Waals surface area contributed by atoms with E-state index in [9.17, 15) is 4.79 Å². The largest absolute Gasteiger partial charge is 0.321 e. The number of hydrogen-bond acceptors (Lipinski definition) is 4. The lowest BCUT2D eigenvalue weighted by molar-refractivity contribution is -0.119. The summed E-state index contributed by atoms with van der Waals surface area (Å²) in [5.74, 6) is 0.669. The third kappa shape index (κ3) is 3.48. The molecule has 1 aromatic heterocycles. The molecule has 0 aliphatic rings. The molecule has 100 valence electrons. The maximum absolute atomic E-state index is 12.1. The molecule has 0 saturated heterocycles. The normalized spacial score (nSPS) is 12.3. The molecule has 1 heterocycles. The fourth-order valence-electron chi connectivity index (χ4n) is 1.96. The number of Topliss-reactive ketones (excluding diaryl/α,β-unsaturated/α-hetero) is 1. The molecule has 5 nitrogen and oxygen atoms in total. The van der Waals surface area contributed by atoms with Crippen LogP contribution >= 0.6 is 0 Å². The molecule has 5 heteroatoms. The van der Waals surface area contributed by atoms with E-state index in [0.29, 0.717) is 18.8 Å². The monoisotopic (exact) mass is 258 g/mol. The number of nitrogens with zero attached hydrogens (tertiary/aromatic N) is 3. The molecule has 0 aliphatic heterocycles. The second kappa shape index (κ2) is 6.24. The summed E-state index contributed by atoms with van der Waals surface area (Å²) in [5.41, 5.74) is 7.02. The molecule has 1 aromatic carbocycles. The minimum atomic E-state index is -0.496. The molecule has 2 N–H and O–H groups in total. The highest BCUT2D eigenvalue weighted by atomic mass is 16.1. The minimum absolute atomic E-state index is 0.00782. The maximum Gasteiger partial charge on any atom is 0.157 e. The quantitative estimate of drug-likeness (QED) is 0.838. The average Bonchev–Trinajstić information content (AvgIpc) is 2.87. The van der Waals surface area contributed by atoms with Gasteiger partial charge in [0.25, 0.3) is 0 Å². The maximum atomic E-state index is 12.1. The van der Waals surface area contributed by atoms with Crippen LogP contribution in [0.3, 0.4) is 0 Å². The molecule has 2 rings (SSSR count). The Kier molecular flexibility index (Phi) is 4.41. The van der Waals surface area contributed by atoms with E-state index in [4.69, 9.17) is 5.73 Å². The van der Waals surface area contributed by atoms with Gasteiger partial charge in [0.2, 0.25) is 0 Å². The molecule has 0 spiro atoms. The number of rotatable bonds is 6. The third-order valence-electron chi connectivity index (χ3n) is 3.04. The average molecular weight is 258 g/mol. The number of hydrogen-bond donors (Lipinski definition) is 1. The van der Waals surface area contributed by atoms with E-state index in [2.05, 4.69) is 10.1 Å². The Balaban J connectivity index is 1.96. The number of aromatic nitrogens is 3. The van der Waals surface area contributed by atoms with Crippen molar-refractivity contribution in [1.29, 1.82) is 0 Å². The van der Waals surface area contributed by atoms with Crippen molar-refractivity contribution in [3.8, 4) is 0 Å². The number of carbonyl (C=O) groups excluding carboxylic acids is 1. The molecule has 0 amide bonds. The van der Waals surface area contributed by atoms with Crippen LogP contribution in [0.15, 0.2) is 36.7 Å². The summed E-state index contributed by atoms with van der Waals surface area (Å²) in [7, 11) is 0. The van der Waals surface area contributed by atoms with Crippen LogP contribution in [0.5, 0.6) is 0 Å². The van der Waals surface area contributed by atoms with Gasteiger partial charge >= 0.3 is 0 Å². The summed E-state index contributed by atoms with van der Waals surface area (Å²) in [4.78, 5) is 16.2. The summed E-state index contributed by atoms with van der Waals surface area (Å²) in [5, 5.41) is 4.04. The van der Waals surface area contributed by atoms with Gasteiger partial charge < -0.3 is 5.73 Å².